The highest BCUT2D eigenvalue weighted by Crippen LogP contribution is 2.03. The van der Waals surface area contributed by atoms with Gasteiger partial charge in [0.15, 0.2) is 12.1 Å². The maximum atomic E-state index is 11.5. The van der Waals surface area contributed by atoms with Gasteiger partial charge in [0.25, 0.3) is 5.91 Å². The highest BCUT2D eigenvalue weighted by atomic mass is 16.5. The van der Waals surface area contributed by atoms with E-state index in [-0.39, 0.29) is 5.91 Å². The third-order valence-corrected chi connectivity index (χ3v) is 2.03. The van der Waals surface area contributed by atoms with E-state index in [1.807, 2.05) is 0 Å². The number of aryl methyl sites for hydroxylation is 1. The predicted molar refractivity (Wildman–Crippen MR) is 58.3 cm³/mol. The van der Waals surface area contributed by atoms with E-state index in [1.54, 1.807) is 14.0 Å². The second-order valence-electron chi connectivity index (χ2n) is 3.26. The van der Waals surface area contributed by atoms with Crippen molar-refractivity contribution >= 4 is 5.91 Å². The van der Waals surface area contributed by atoms with Gasteiger partial charge in [-0.3, -0.25) is 4.79 Å². The number of hydrogen-bond donors (Lipinski definition) is 2. The van der Waals surface area contributed by atoms with Crippen molar-refractivity contribution < 1.29 is 13.9 Å². The van der Waals surface area contributed by atoms with Crippen LogP contribution in [0.2, 0.25) is 0 Å². The van der Waals surface area contributed by atoms with Gasteiger partial charge in [-0.25, -0.2) is 4.98 Å². The van der Waals surface area contributed by atoms with Gasteiger partial charge in [-0.2, -0.15) is 0 Å². The minimum atomic E-state index is -0.209. The number of carbonyl (C=O) groups excluding carboxylic acids is 1. The third-order valence-electron chi connectivity index (χ3n) is 2.03. The van der Waals surface area contributed by atoms with Gasteiger partial charge in [0.1, 0.15) is 5.76 Å². The molecule has 0 bridgehead atoms. The number of carbonyl (C=O) groups is 1. The van der Waals surface area contributed by atoms with Crippen LogP contribution in [0.1, 0.15) is 16.2 Å². The highest BCUT2D eigenvalue weighted by Gasteiger charge is 2.11. The van der Waals surface area contributed by atoms with Gasteiger partial charge in [0, 0.05) is 26.7 Å². The van der Waals surface area contributed by atoms with E-state index < -0.39 is 0 Å². The minimum absolute atomic E-state index is 0.209. The summed E-state index contributed by atoms with van der Waals surface area (Å²) in [7, 11) is 1.65. The molecule has 16 heavy (non-hydrogen) atoms. The quantitative estimate of drug-likeness (QED) is 0.639. The number of nitrogens with one attached hydrogen (secondary N) is 2. The average Bonchev–Trinajstić information content (AvgIpc) is 2.69. The molecule has 6 heteroatoms. The molecule has 0 saturated heterocycles. The van der Waals surface area contributed by atoms with Crippen LogP contribution in [0.3, 0.4) is 0 Å². The fourth-order valence-corrected chi connectivity index (χ4v) is 1.17. The van der Waals surface area contributed by atoms with E-state index >= 15 is 0 Å². The maximum Gasteiger partial charge on any atom is 0.273 e. The van der Waals surface area contributed by atoms with Crippen LogP contribution >= 0.6 is 0 Å². The van der Waals surface area contributed by atoms with Crippen LogP contribution in [0.25, 0.3) is 0 Å². The summed E-state index contributed by atoms with van der Waals surface area (Å²) in [6.45, 7) is 4.39. The van der Waals surface area contributed by atoms with Crippen molar-refractivity contribution in [3.05, 3.63) is 17.8 Å². The van der Waals surface area contributed by atoms with Crippen LogP contribution in [-0.2, 0) is 4.74 Å². The second kappa shape index (κ2) is 6.97. The molecule has 1 aromatic heterocycles. The minimum Gasteiger partial charge on any atom is -0.448 e. The highest BCUT2D eigenvalue weighted by molar-refractivity contribution is 5.92. The van der Waals surface area contributed by atoms with E-state index in [1.165, 1.54) is 6.39 Å². The zero-order valence-corrected chi connectivity index (χ0v) is 9.58. The molecule has 1 aromatic rings. The summed E-state index contributed by atoms with van der Waals surface area (Å²) >= 11 is 0. The van der Waals surface area contributed by atoms with Gasteiger partial charge < -0.3 is 19.8 Å². The van der Waals surface area contributed by atoms with Crippen molar-refractivity contribution in [1.82, 2.24) is 15.6 Å². The second-order valence-corrected chi connectivity index (χ2v) is 3.26. The fraction of sp³-hybridized carbons (Fsp3) is 0.600. The average molecular weight is 227 g/mol. The van der Waals surface area contributed by atoms with Crippen LogP contribution in [0.5, 0.6) is 0 Å². The smallest absolute Gasteiger partial charge is 0.273 e. The lowest BCUT2D eigenvalue weighted by Gasteiger charge is -2.05. The number of amides is 1. The Bertz CT molecular complexity index is 325. The molecule has 0 aliphatic carbocycles. The van der Waals surface area contributed by atoms with E-state index in [0.717, 1.165) is 6.54 Å². The van der Waals surface area contributed by atoms with Crippen LogP contribution in [0.15, 0.2) is 10.8 Å². The summed E-state index contributed by atoms with van der Waals surface area (Å²) in [6, 6.07) is 0. The Labute approximate surface area is 94.4 Å². The van der Waals surface area contributed by atoms with E-state index in [4.69, 9.17) is 9.15 Å². The number of hydrogen-bond acceptors (Lipinski definition) is 5. The normalized spacial score (nSPS) is 10.4. The lowest BCUT2D eigenvalue weighted by Crippen LogP contribution is -2.33. The zero-order valence-electron chi connectivity index (χ0n) is 9.58. The molecule has 0 aliphatic heterocycles. The van der Waals surface area contributed by atoms with Crippen molar-refractivity contribution in [2.45, 2.75) is 6.92 Å². The van der Waals surface area contributed by atoms with Crippen molar-refractivity contribution in [3.63, 3.8) is 0 Å². The Morgan fingerprint density at radius 2 is 2.31 bits per heavy atom. The molecule has 1 rings (SSSR count). The first-order chi connectivity index (χ1) is 7.75. The van der Waals surface area contributed by atoms with Crippen molar-refractivity contribution in [2.75, 3.05) is 33.4 Å². The van der Waals surface area contributed by atoms with Gasteiger partial charge in [0.2, 0.25) is 0 Å². The molecular weight excluding hydrogens is 210 g/mol. The molecule has 0 unspecified atom stereocenters. The van der Waals surface area contributed by atoms with Gasteiger partial charge in [-0.1, -0.05) is 0 Å². The summed E-state index contributed by atoms with van der Waals surface area (Å²) in [5.74, 6) is 0.324. The molecule has 90 valence electrons. The molecule has 0 spiro atoms. The molecule has 1 amide bonds. The van der Waals surface area contributed by atoms with Crippen molar-refractivity contribution in [3.8, 4) is 0 Å². The van der Waals surface area contributed by atoms with Crippen molar-refractivity contribution in [1.29, 1.82) is 0 Å². The molecular formula is C10H17N3O3. The lowest BCUT2D eigenvalue weighted by molar-refractivity contribution is 0.0948. The summed E-state index contributed by atoms with van der Waals surface area (Å²) in [5, 5.41) is 5.86. The summed E-state index contributed by atoms with van der Waals surface area (Å²) in [5.41, 5.74) is 0.344. The van der Waals surface area contributed by atoms with Crippen LogP contribution < -0.4 is 10.6 Å². The topological polar surface area (TPSA) is 76.4 Å². The third kappa shape index (κ3) is 4.00. The monoisotopic (exact) mass is 227 g/mol. The van der Waals surface area contributed by atoms with Crippen LogP contribution in [0, 0.1) is 6.92 Å². The van der Waals surface area contributed by atoms with E-state index in [9.17, 15) is 4.79 Å². The number of nitrogens with zero attached hydrogens (tertiary/aromatic N) is 1. The number of aromatic nitrogens is 1. The summed E-state index contributed by atoms with van der Waals surface area (Å²) in [6.07, 6.45) is 1.26. The Morgan fingerprint density at radius 1 is 1.50 bits per heavy atom. The molecule has 0 radical (unpaired) electrons. The maximum absolute atomic E-state index is 11.5. The number of ether oxygens (including phenoxy) is 1. The van der Waals surface area contributed by atoms with Gasteiger partial charge in [0.05, 0.1) is 6.61 Å². The SMILES string of the molecule is COCCNCCNC(=O)c1ncoc1C. The Morgan fingerprint density at radius 3 is 2.94 bits per heavy atom. The molecule has 2 N–H and O–H groups in total. The molecule has 0 fully saturated rings. The van der Waals surface area contributed by atoms with E-state index in [0.29, 0.717) is 31.2 Å². The predicted octanol–water partition coefficient (Wildman–Crippen LogP) is -0.0512. The largest absolute Gasteiger partial charge is 0.448 e. The number of rotatable bonds is 7. The van der Waals surface area contributed by atoms with Gasteiger partial charge in [-0.15, -0.1) is 0 Å². The number of oxazole rings is 1. The zero-order chi connectivity index (χ0) is 11.8. The Hall–Kier alpha value is -1.40. The van der Waals surface area contributed by atoms with Crippen molar-refractivity contribution in [2.24, 2.45) is 0 Å². The first kappa shape index (κ1) is 12.7. The lowest BCUT2D eigenvalue weighted by atomic mass is 10.3. The molecule has 0 aromatic carbocycles. The van der Waals surface area contributed by atoms with E-state index in [2.05, 4.69) is 15.6 Å². The molecule has 6 nitrogen and oxygen atoms in total. The first-order valence-electron chi connectivity index (χ1n) is 5.13. The Balaban J connectivity index is 2.14. The molecule has 1 heterocycles. The molecule has 0 atom stereocenters. The van der Waals surface area contributed by atoms with Gasteiger partial charge >= 0.3 is 0 Å². The summed E-state index contributed by atoms with van der Waals surface area (Å²) < 4.78 is 9.81. The first-order valence-corrected chi connectivity index (χ1v) is 5.13. The number of methoxy groups -OCH3 is 1. The fourth-order valence-electron chi connectivity index (χ4n) is 1.17. The summed E-state index contributed by atoms with van der Waals surface area (Å²) in [4.78, 5) is 15.4. The van der Waals surface area contributed by atoms with Crippen LogP contribution in [0.4, 0.5) is 0 Å². The van der Waals surface area contributed by atoms with Gasteiger partial charge in [-0.05, 0) is 6.92 Å². The molecule has 0 aliphatic rings. The van der Waals surface area contributed by atoms with Crippen LogP contribution in [-0.4, -0.2) is 44.2 Å². The standard InChI is InChI=1S/C10H17N3O3/c1-8-9(13-7-16-8)10(14)12-4-3-11-5-6-15-2/h7,11H,3-6H2,1-2H3,(H,12,14). The molecule has 0 saturated carbocycles. The Kier molecular flexibility index (Phi) is 5.52.